The Morgan fingerprint density at radius 3 is 2.61 bits per heavy atom. The first-order valence-electron chi connectivity index (χ1n) is 8.36. The van der Waals surface area contributed by atoms with Crippen molar-refractivity contribution in [2.24, 2.45) is 5.73 Å². The van der Waals surface area contributed by atoms with Gasteiger partial charge < -0.3 is 15.8 Å². The monoisotopic (exact) mass is 426 g/mol. The van der Waals surface area contributed by atoms with Gasteiger partial charge in [0.25, 0.3) is 0 Å². The van der Waals surface area contributed by atoms with Crippen molar-refractivity contribution in [1.82, 2.24) is 4.57 Å². The second-order valence-corrected chi connectivity index (χ2v) is 8.22. The Hall–Kier alpha value is -2.79. The summed E-state index contributed by atoms with van der Waals surface area (Å²) in [4.78, 5) is 0.902. The number of thiazole rings is 1. The summed E-state index contributed by atoms with van der Waals surface area (Å²) in [5.41, 5.74) is 8.35. The zero-order chi connectivity index (χ0) is 19.8. The third kappa shape index (κ3) is 2.96. The van der Waals surface area contributed by atoms with Gasteiger partial charge in [-0.2, -0.15) is 5.26 Å². The summed E-state index contributed by atoms with van der Waals surface area (Å²) in [6.45, 7) is 0. The van der Waals surface area contributed by atoms with Crippen molar-refractivity contribution in [3.05, 3.63) is 79.3 Å². The van der Waals surface area contributed by atoms with E-state index < -0.39 is 0 Å². The van der Waals surface area contributed by atoms with Crippen LogP contribution in [0.2, 0.25) is 5.02 Å². The van der Waals surface area contributed by atoms with E-state index in [1.54, 1.807) is 7.11 Å². The number of fused-ring (bicyclic) bond motifs is 1. The predicted octanol–water partition coefficient (Wildman–Crippen LogP) is 5.18. The number of methoxy groups -OCH3 is 1. The van der Waals surface area contributed by atoms with E-state index in [2.05, 4.69) is 11.4 Å². The van der Waals surface area contributed by atoms with Crippen LogP contribution in [0, 0.1) is 15.3 Å². The van der Waals surface area contributed by atoms with Crippen molar-refractivity contribution >= 4 is 41.0 Å². The molecule has 8 heteroatoms. The van der Waals surface area contributed by atoms with E-state index in [0.29, 0.717) is 20.4 Å². The van der Waals surface area contributed by atoms with E-state index >= 15 is 0 Å². The third-order valence-electron chi connectivity index (χ3n) is 4.60. The number of anilines is 1. The fraction of sp³-hybridized carbons (Fsp3) is 0.100. The lowest BCUT2D eigenvalue weighted by atomic mass is 9.88. The SMILES string of the molecule is COc1ccc(-n2c3c(sc2=S)C(c2ccccc2Cl)C(C#N)=C(N)N3)cc1. The van der Waals surface area contributed by atoms with E-state index in [1.807, 2.05) is 53.1 Å². The van der Waals surface area contributed by atoms with Crippen LogP contribution in [-0.4, -0.2) is 11.7 Å². The number of benzene rings is 2. The van der Waals surface area contributed by atoms with Gasteiger partial charge in [-0.3, -0.25) is 4.57 Å². The van der Waals surface area contributed by atoms with Crippen LogP contribution in [0.1, 0.15) is 16.4 Å². The quantitative estimate of drug-likeness (QED) is 0.564. The molecule has 3 N–H and O–H groups in total. The molecule has 2 aromatic carbocycles. The number of hydrogen-bond acceptors (Lipinski definition) is 6. The number of rotatable bonds is 3. The number of allylic oxidation sites excluding steroid dienone is 1. The largest absolute Gasteiger partial charge is 0.497 e. The van der Waals surface area contributed by atoms with Gasteiger partial charge in [0.1, 0.15) is 17.4 Å². The Morgan fingerprint density at radius 1 is 1.25 bits per heavy atom. The summed E-state index contributed by atoms with van der Waals surface area (Å²) >= 11 is 13.5. The van der Waals surface area contributed by atoms with Crippen LogP contribution in [0.5, 0.6) is 5.75 Å². The lowest BCUT2D eigenvalue weighted by Crippen LogP contribution is -2.23. The van der Waals surface area contributed by atoms with Crippen LogP contribution in [-0.2, 0) is 0 Å². The zero-order valence-electron chi connectivity index (χ0n) is 14.8. The molecule has 0 spiro atoms. The van der Waals surface area contributed by atoms with Crippen molar-refractivity contribution in [3.63, 3.8) is 0 Å². The number of nitrogens with two attached hydrogens (primary N) is 1. The highest BCUT2D eigenvalue weighted by molar-refractivity contribution is 7.73. The molecule has 0 aliphatic carbocycles. The van der Waals surface area contributed by atoms with Gasteiger partial charge in [-0.1, -0.05) is 29.8 Å². The molecule has 0 bridgehead atoms. The fourth-order valence-electron chi connectivity index (χ4n) is 3.28. The van der Waals surface area contributed by atoms with E-state index in [4.69, 9.17) is 34.3 Å². The van der Waals surface area contributed by atoms with Crippen LogP contribution in [0.25, 0.3) is 5.69 Å². The Labute approximate surface area is 176 Å². The molecule has 4 rings (SSSR count). The second-order valence-electron chi connectivity index (χ2n) is 6.13. The maximum absolute atomic E-state index is 9.75. The van der Waals surface area contributed by atoms with E-state index in [1.165, 1.54) is 11.3 Å². The molecule has 0 radical (unpaired) electrons. The first-order valence-corrected chi connectivity index (χ1v) is 9.96. The minimum atomic E-state index is -0.374. The summed E-state index contributed by atoms with van der Waals surface area (Å²) in [6.07, 6.45) is 0. The van der Waals surface area contributed by atoms with Gasteiger partial charge in [-0.15, -0.1) is 11.3 Å². The number of ether oxygens (including phenoxy) is 1. The summed E-state index contributed by atoms with van der Waals surface area (Å²) in [5.74, 6) is 1.44. The van der Waals surface area contributed by atoms with Gasteiger partial charge in [-0.05, 0) is 48.1 Å². The van der Waals surface area contributed by atoms with Gasteiger partial charge in [-0.25, -0.2) is 0 Å². The molecule has 2 heterocycles. The highest BCUT2D eigenvalue weighted by atomic mass is 35.5. The van der Waals surface area contributed by atoms with E-state index in [0.717, 1.165) is 27.7 Å². The Morgan fingerprint density at radius 2 is 1.96 bits per heavy atom. The summed E-state index contributed by atoms with van der Waals surface area (Å²) in [7, 11) is 1.62. The molecule has 1 atom stereocenters. The first kappa shape index (κ1) is 18.6. The molecule has 140 valence electrons. The Bertz CT molecular complexity index is 1190. The van der Waals surface area contributed by atoms with E-state index in [9.17, 15) is 5.26 Å². The van der Waals surface area contributed by atoms with Crippen molar-refractivity contribution in [2.75, 3.05) is 12.4 Å². The number of nitrogens with zero attached hydrogens (tertiary/aromatic N) is 2. The topological polar surface area (TPSA) is 76.0 Å². The van der Waals surface area contributed by atoms with Crippen molar-refractivity contribution in [2.45, 2.75) is 5.92 Å². The number of aromatic nitrogens is 1. The number of nitrogens with one attached hydrogen (secondary N) is 1. The van der Waals surface area contributed by atoms with Gasteiger partial charge >= 0.3 is 0 Å². The molecule has 28 heavy (non-hydrogen) atoms. The van der Waals surface area contributed by atoms with Gasteiger partial charge in [0.05, 0.1) is 29.5 Å². The molecule has 0 saturated carbocycles. The van der Waals surface area contributed by atoms with Crippen LogP contribution < -0.4 is 15.8 Å². The number of hydrogen-bond donors (Lipinski definition) is 2. The molecule has 1 aromatic heterocycles. The summed E-state index contributed by atoms with van der Waals surface area (Å²) < 4.78 is 7.80. The van der Waals surface area contributed by atoms with Crippen molar-refractivity contribution in [3.8, 4) is 17.5 Å². The lowest BCUT2D eigenvalue weighted by Gasteiger charge is -2.26. The molecule has 5 nitrogen and oxygen atoms in total. The molecule has 0 fully saturated rings. The third-order valence-corrected chi connectivity index (χ3v) is 6.38. The molecule has 1 aliphatic rings. The second kappa shape index (κ2) is 7.32. The molecular weight excluding hydrogens is 412 g/mol. The molecule has 3 aromatic rings. The first-order chi connectivity index (χ1) is 13.5. The standard InChI is InChI=1S/C20H15ClN4OS2/c1-26-12-8-6-11(7-9-12)25-19-17(28-20(25)27)16(14(10-22)18(23)24-19)13-4-2-3-5-15(13)21/h2-9,16,24H,23H2,1H3. The molecule has 1 aliphatic heterocycles. The molecule has 1 unspecified atom stereocenters. The predicted molar refractivity (Wildman–Crippen MR) is 115 cm³/mol. The minimum Gasteiger partial charge on any atom is -0.497 e. The summed E-state index contributed by atoms with van der Waals surface area (Å²) in [5, 5.41) is 13.5. The fourth-order valence-corrected chi connectivity index (χ4v) is 5.07. The van der Waals surface area contributed by atoms with Crippen LogP contribution in [0.15, 0.2) is 59.9 Å². The summed E-state index contributed by atoms with van der Waals surface area (Å²) in [6, 6.07) is 17.3. The lowest BCUT2D eigenvalue weighted by molar-refractivity contribution is 0.415. The van der Waals surface area contributed by atoms with Crippen LogP contribution >= 0.6 is 35.2 Å². The average molecular weight is 427 g/mol. The smallest absolute Gasteiger partial charge is 0.167 e. The van der Waals surface area contributed by atoms with Gasteiger partial charge in [0, 0.05) is 10.7 Å². The minimum absolute atomic E-state index is 0.301. The Balaban J connectivity index is 1.94. The normalized spacial score (nSPS) is 15.5. The highest BCUT2D eigenvalue weighted by Gasteiger charge is 2.34. The molecule has 0 saturated heterocycles. The van der Waals surface area contributed by atoms with Crippen molar-refractivity contribution in [1.29, 1.82) is 5.26 Å². The number of nitriles is 1. The van der Waals surface area contributed by atoms with Gasteiger partial charge in [0.15, 0.2) is 3.95 Å². The van der Waals surface area contributed by atoms with E-state index in [-0.39, 0.29) is 5.92 Å². The maximum Gasteiger partial charge on any atom is 0.167 e. The molecular formula is C20H15ClN4OS2. The highest BCUT2D eigenvalue weighted by Crippen LogP contribution is 2.46. The van der Waals surface area contributed by atoms with Crippen molar-refractivity contribution < 1.29 is 4.74 Å². The number of halogens is 1. The average Bonchev–Trinajstić information content (AvgIpc) is 3.03. The van der Waals surface area contributed by atoms with Crippen LogP contribution in [0.4, 0.5) is 5.82 Å². The van der Waals surface area contributed by atoms with Crippen LogP contribution in [0.3, 0.4) is 0 Å². The molecule has 0 amide bonds. The zero-order valence-corrected chi connectivity index (χ0v) is 17.2. The van der Waals surface area contributed by atoms with Gasteiger partial charge in [0.2, 0.25) is 0 Å². The maximum atomic E-state index is 9.75. The Kier molecular flexibility index (Phi) is 4.85.